The zero-order valence-corrected chi connectivity index (χ0v) is 12.8. The second kappa shape index (κ2) is 6.74. The second-order valence-corrected chi connectivity index (χ2v) is 6.26. The molecule has 1 atom stereocenters. The molecule has 19 heavy (non-hydrogen) atoms. The maximum absolute atomic E-state index is 11.3. The van der Waals surface area contributed by atoms with E-state index in [1.807, 2.05) is 6.92 Å². The molecule has 1 aromatic rings. The minimum absolute atomic E-state index is 0.00107. The third-order valence-electron chi connectivity index (χ3n) is 3.53. The summed E-state index contributed by atoms with van der Waals surface area (Å²) in [4.78, 5) is 11.3. The van der Waals surface area contributed by atoms with Crippen molar-refractivity contribution in [3.8, 4) is 0 Å². The summed E-state index contributed by atoms with van der Waals surface area (Å²) < 4.78 is 4.73. The molecule has 1 unspecified atom stereocenters. The van der Waals surface area contributed by atoms with Gasteiger partial charge in [0, 0.05) is 0 Å². The van der Waals surface area contributed by atoms with Crippen LogP contribution in [0.1, 0.15) is 51.7 Å². The van der Waals surface area contributed by atoms with Crippen molar-refractivity contribution < 1.29 is 9.53 Å². The molecule has 0 amide bonds. The van der Waals surface area contributed by atoms with Crippen LogP contribution in [-0.2, 0) is 21.4 Å². The van der Waals surface area contributed by atoms with E-state index in [0.29, 0.717) is 0 Å². The Balaban J connectivity index is 2.45. The number of aryl methyl sites for hydroxylation is 1. The molecule has 2 heteroatoms. The summed E-state index contributed by atoms with van der Waals surface area (Å²) in [6, 6.07) is 8.81. The van der Waals surface area contributed by atoms with E-state index >= 15 is 0 Å². The topological polar surface area (TPSA) is 26.3 Å². The van der Waals surface area contributed by atoms with Crippen molar-refractivity contribution in [3.63, 3.8) is 0 Å². The molecule has 0 heterocycles. The Hall–Kier alpha value is -1.31. The van der Waals surface area contributed by atoms with Gasteiger partial charge < -0.3 is 4.74 Å². The highest BCUT2D eigenvalue weighted by Gasteiger charge is 2.14. The summed E-state index contributed by atoms with van der Waals surface area (Å²) in [6.07, 6.45) is 2.92. The average molecular weight is 262 g/mol. The van der Waals surface area contributed by atoms with Crippen LogP contribution in [0.5, 0.6) is 0 Å². The van der Waals surface area contributed by atoms with Gasteiger partial charge in [-0.1, -0.05) is 52.0 Å². The molecule has 0 aromatic heterocycles. The van der Waals surface area contributed by atoms with Crippen LogP contribution in [-0.4, -0.2) is 13.1 Å². The Bertz CT molecular complexity index is 398. The predicted molar refractivity (Wildman–Crippen MR) is 79.3 cm³/mol. The molecular formula is C17H26O2. The summed E-state index contributed by atoms with van der Waals surface area (Å²) in [7, 11) is 1.45. The highest BCUT2D eigenvalue weighted by atomic mass is 16.5. The number of ether oxygens (including phenoxy) is 1. The van der Waals surface area contributed by atoms with Crippen LogP contribution in [0, 0.1) is 5.92 Å². The van der Waals surface area contributed by atoms with Gasteiger partial charge in [-0.3, -0.25) is 4.79 Å². The Kier molecular flexibility index (Phi) is 5.59. The lowest BCUT2D eigenvalue weighted by Gasteiger charge is -2.19. The molecule has 1 rings (SSSR count). The number of rotatable bonds is 5. The van der Waals surface area contributed by atoms with Crippen LogP contribution in [0.3, 0.4) is 0 Å². The van der Waals surface area contributed by atoms with Crippen LogP contribution < -0.4 is 0 Å². The third kappa shape index (κ3) is 5.06. The van der Waals surface area contributed by atoms with Crippen molar-refractivity contribution in [3.05, 3.63) is 35.4 Å². The number of hydrogen-bond donors (Lipinski definition) is 0. The highest BCUT2D eigenvalue weighted by Crippen LogP contribution is 2.22. The van der Waals surface area contributed by atoms with Crippen molar-refractivity contribution >= 4 is 5.97 Å². The van der Waals surface area contributed by atoms with Gasteiger partial charge in [0.2, 0.25) is 0 Å². The molecule has 0 radical (unpaired) electrons. The highest BCUT2D eigenvalue weighted by molar-refractivity contribution is 5.71. The number of benzene rings is 1. The van der Waals surface area contributed by atoms with Crippen molar-refractivity contribution in [1.82, 2.24) is 0 Å². The summed E-state index contributed by atoms with van der Waals surface area (Å²) in [5.41, 5.74) is 2.90. The van der Waals surface area contributed by atoms with E-state index in [-0.39, 0.29) is 17.3 Å². The number of esters is 1. The molecular weight excluding hydrogens is 236 g/mol. The van der Waals surface area contributed by atoms with E-state index in [1.54, 1.807) is 0 Å². The molecule has 0 aliphatic carbocycles. The van der Waals surface area contributed by atoms with Gasteiger partial charge in [-0.05, 0) is 35.8 Å². The fourth-order valence-electron chi connectivity index (χ4n) is 2.10. The first-order valence-electron chi connectivity index (χ1n) is 7.02. The summed E-state index contributed by atoms with van der Waals surface area (Å²) in [6.45, 7) is 8.59. The predicted octanol–water partition coefficient (Wildman–Crippen LogP) is 4.12. The smallest absolute Gasteiger partial charge is 0.308 e. The Morgan fingerprint density at radius 2 is 1.79 bits per heavy atom. The lowest BCUT2D eigenvalue weighted by atomic mass is 9.86. The minimum Gasteiger partial charge on any atom is -0.469 e. The van der Waals surface area contributed by atoms with Gasteiger partial charge in [0.05, 0.1) is 13.0 Å². The quantitative estimate of drug-likeness (QED) is 0.746. The van der Waals surface area contributed by atoms with Crippen molar-refractivity contribution in [1.29, 1.82) is 0 Å². The van der Waals surface area contributed by atoms with Gasteiger partial charge in [0.15, 0.2) is 0 Å². The molecule has 2 nitrogen and oxygen atoms in total. The van der Waals surface area contributed by atoms with Gasteiger partial charge in [-0.2, -0.15) is 0 Å². The molecule has 0 aliphatic rings. The fourth-order valence-corrected chi connectivity index (χ4v) is 2.10. The second-order valence-electron chi connectivity index (χ2n) is 6.26. The molecule has 0 saturated heterocycles. The molecule has 0 saturated carbocycles. The molecule has 0 bridgehead atoms. The largest absolute Gasteiger partial charge is 0.469 e. The molecule has 0 aliphatic heterocycles. The van der Waals surface area contributed by atoms with E-state index in [2.05, 4.69) is 45.0 Å². The maximum atomic E-state index is 11.3. The number of carbonyl (C=O) groups is 1. The Morgan fingerprint density at radius 3 is 2.26 bits per heavy atom. The average Bonchev–Trinajstić information content (AvgIpc) is 2.37. The van der Waals surface area contributed by atoms with E-state index in [1.165, 1.54) is 18.2 Å². The van der Waals surface area contributed by atoms with E-state index in [9.17, 15) is 4.79 Å². The van der Waals surface area contributed by atoms with E-state index in [4.69, 9.17) is 4.74 Å². The van der Waals surface area contributed by atoms with Gasteiger partial charge >= 0.3 is 5.97 Å². The molecule has 0 fully saturated rings. The van der Waals surface area contributed by atoms with Crippen LogP contribution in [0.4, 0.5) is 0 Å². The number of carbonyl (C=O) groups excluding carboxylic acids is 1. The Morgan fingerprint density at radius 1 is 1.21 bits per heavy atom. The maximum Gasteiger partial charge on any atom is 0.308 e. The number of hydrogen-bond acceptors (Lipinski definition) is 2. The Labute approximate surface area is 117 Å². The SMILES string of the molecule is COC(=O)C(C)CCCc1ccc(C(C)(C)C)cc1. The first-order valence-corrected chi connectivity index (χ1v) is 7.02. The molecule has 0 spiro atoms. The van der Waals surface area contributed by atoms with Crippen molar-refractivity contribution in [2.75, 3.05) is 7.11 Å². The van der Waals surface area contributed by atoms with Crippen LogP contribution in [0.25, 0.3) is 0 Å². The van der Waals surface area contributed by atoms with Crippen molar-refractivity contribution in [2.45, 2.75) is 52.4 Å². The minimum atomic E-state index is -0.108. The van der Waals surface area contributed by atoms with Gasteiger partial charge in [0.1, 0.15) is 0 Å². The number of methoxy groups -OCH3 is 1. The first kappa shape index (κ1) is 15.7. The lowest BCUT2D eigenvalue weighted by molar-refractivity contribution is -0.145. The zero-order valence-electron chi connectivity index (χ0n) is 12.8. The van der Waals surface area contributed by atoms with Crippen molar-refractivity contribution in [2.24, 2.45) is 5.92 Å². The van der Waals surface area contributed by atoms with Gasteiger partial charge in [0.25, 0.3) is 0 Å². The fraction of sp³-hybridized carbons (Fsp3) is 0.588. The summed E-state index contributed by atoms with van der Waals surface area (Å²) >= 11 is 0. The first-order chi connectivity index (χ1) is 8.84. The van der Waals surface area contributed by atoms with E-state index < -0.39 is 0 Å². The summed E-state index contributed by atoms with van der Waals surface area (Å²) in [5.74, 6) is -0.109. The third-order valence-corrected chi connectivity index (χ3v) is 3.53. The van der Waals surface area contributed by atoms with Crippen LogP contribution in [0.2, 0.25) is 0 Å². The van der Waals surface area contributed by atoms with E-state index in [0.717, 1.165) is 19.3 Å². The summed E-state index contributed by atoms with van der Waals surface area (Å²) in [5, 5.41) is 0. The lowest BCUT2D eigenvalue weighted by Crippen LogP contribution is -2.12. The van der Waals surface area contributed by atoms with Crippen LogP contribution >= 0.6 is 0 Å². The standard InChI is InChI=1S/C17H26O2/c1-13(16(18)19-5)7-6-8-14-9-11-15(12-10-14)17(2,3)4/h9-13H,6-8H2,1-5H3. The van der Waals surface area contributed by atoms with Gasteiger partial charge in [-0.25, -0.2) is 0 Å². The van der Waals surface area contributed by atoms with Crippen LogP contribution in [0.15, 0.2) is 24.3 Å². The normalized spacial score (nSPS) is 13.1. The monoisotopic (exact) mass is 262 g/mol. The van der Waals surface area contributed by atoms with Gasteiger partial charge in [-0.15, -0.1) is 0 Å². The zero-order chi connectivity index (χ0) is 14.5. The molecule has 1 aromatic carbocycles. The molecule has 0 N–H and O–H groups in total. The molecule has 106 valence electrons.